The molecule has 0 spiro atoms. The fraction of sp³-hybridized carbons (Fsp3) is 0.294. The zero-order valence-electron chi connectivity index (χ0n) is 12.3. The predicted octanol–water partition coefficient (Wildman–Crippen LogP) is 4.97. The molecule has 0 radical (unpaired) electrons. The summed E-state index contributed by atoms with van der Waals surface area (Å²) in [6.07, 6.45) is 0. The number of rotatable bonds is 4. The van der Waals surface area contributed by atoms with E-state index < -0.39 is 5.41 Å². The van der Waals surface area contributed by atoms with Crippen LogP contribution in [0.2, 0.25) is 0 Å². The van der Waals surface area contributed by atoms with Gasteiger partial charge in [0.15, 0.2) is 0 Å². The van der Waals surface area contributed by atoms with Crippen LogP contribution in [0.4, 0.5) is 8.78 Å². The fourth-order valence-electron chi connectivity index (χ4n) is 2.69. The lowest BCUT2D eigenvalue weighted by atomic mass is 9.75. The van der Waals surface area contributed by atoms with Gasteiger partial charge < -0.3 is 5.32 Å². The van der Waals surface area contributed by atoms with Gasteiger partial charge in [-0.05, 0) is 42.9 Å². The lowest BCUT2D eigenvalue weighted by Gasteiger charge is -2.35. The molecule has 2 aromatic carbocycles. The molecule has 1 atom stereocenters. The second-order valence-electron chi connectivity index (χ2n) is 5.62. The van der Waals surface area contributed by atoms with Gasteiger partial charge in [-0.15, -0.1) is 0 Å². The average molecular weight is 354 g/mol. The molecule has 21 heavy (non-hydrogen) atoms. The van der Waals surface area contributed by atoms with Crippen molar-refractivity contribution in [1.82, 2.24) is 5.32 Å². The number of halogens is 3. The molecule has 0 aliphatic carbocycles. The first kappa shape index (κ1) is 16.1. The van der Waals surface area contributed by atoms with Crippen molar-refractivity contribution in [2.45, 2.75) is 25.3 Å². The van der Waals surface area contributed by atoms with Gasteiger partial charge in [0.25, 0.3) is 0 Å². The van der Waals surface area contributed by atoms with Crippen LogP contribution in [0.3, 0.4) is 0 Å². The summed E-state index contributed by atoms with van der Waals surface area (Å²) in [5, 5.41) is 3.19. The summed E-state index contributed by atoms with van der Waals surface area (Å²) >= 11 is 3.38. The number of hydrogen-bond acceptors (Lipinski definition) is 1. The molecule has 1 nitrogen and oxygen atoms in total. The molecular weight excluding hydrogens is 336 g/mol. The van der Waals surface area contributed by atoms with E-state index in [2.05, 4.69) is 21.2 Å². The third-order valence-corrected chi connectivity index (χ3v) is 4.36. The highest BCUT2D eigenvalue weighted by atomic mass is 79.9. The van der Waals surface area contributed by atoms with Gasteiger partial charge in [0.2, 0.25) is 0 Å². The van der Waals surface area contributed by atoms with Crippen LogP contribution >= 0.6 is 15.9 Å². The zero-order valence-corrected chi connectivity index (χ0v) is 13.8. The Morgan fingerprint density at radius 1 is 1.05 bits per heavy atom. The summed E-state index contributed by atoms with van der Waals surface area (Å²) in [7, 11) is 1.80. The summed E-state index contributed by atoms with van der Waals surface area (Å²) in [6.45, 7) is 4.03. The van der Waals surface area contributed by atoms with Gasteiger partial charge in [0.1, 0.15) is 11.6 Å². The average Bonchev–Trinajstić information content (AvgIpc) is 2.43. The molecule has 1 N–H and O–H groups in total. The van der Waals surface area contributed by atoms with Gasteiger partial charge in [0.05, 0.1) is 0 Å². The number of benzene rings is 2. The first-order valence-electron chi connectivity index (χ1n) is 6.74. The second-order valence-corrected chi connectivity index (χ2v) is 6.53. The van der Waals surface area contributed by atoms with Gasteiger partial charge in [-0.2, -0.15) is 0 Å². The highest BCUT2D eigenvalue weighted by molar-refractivity contribution is 9.10. The molecule has 0 heterocycles. The quantitative estimate of drug-likeness (QED) is 0.818. The van der Waals surface area contributed by atoms with Crippen molar-refractivity contribution < 1.29 is 8.78 Å². The largest absolute Gasteiger partial charge is 0.312 e. The normalized spacial score (nSPS) is 13.2. The highest BCUT2D eigenvalue weighted by Gasteiger charge is 2.33. The SMILES string of the molecule is CNC(c1cc(Br)ccc1F)C(C)(C)c1ccc(F)cc1. The molecule has 112 valence electrons. The monoisotopic (exact) mass is 353 g/mol. The van der Waals surface area contributed by atoms with Crippen molar-refractivity contribution >= 4 is 15.9 Å². The van der Waals surface area contributed by atoms with Crippen molar-refractivity contribution in [1.29, 1.82) is 0 Å². The number of likely N-dealkylation sites (N-methyl/N-ethyl adjacent to an activating group) is 1. The zero-order chi connectivity index (χ0) is 15.6. The maximum Gasteiger partial charge on any atom is 0.128 e. The first-order chi connectivity index (χ1) is 9.86. The third kappa shape index (κ3) is 3.33. The van der Waals surface area contributed by atoms with E-state index in [1.54, 1.807) is 31.3 Å². The number of hydrogen-bond donors (Lipinski definition) is 1. The highest BCUT2D eigenvalue weighted by Crippen LogP contribution is 2.38. The Bertz CT molecular complexity index is 623. The molecule has 0 aliphatic heterocycles. The third-order valence-electron chi connectivity index (χ3n) is 3.87. The van der Waals surface area contributed by atoms with E-state index in [4.69, 9.17) is 0 Å². The van der Waals surface area contributed by atoms with Crippen molar-refractivity contribution in [3.8, 4) is 0 Å². The summed E-state index contributed by atoms with van der Waals surface area (Å²) in [5.41, 5.74) is 1.13. The minimum atomic E-state index is -0.399. The van der Waals surface area contributed by atoms with Gasteiger partial charge in [-0.25, -0.2) is 8.78 Å². The number of nitrogens with one attached hydrogen (secondary N) is 1. The van der Waals surface area contributed by atoms with Crippen molar-refractivity contribution in [3.05, 3.63) is 69.7 Å². The Balaban J connectivity index is 2.48. The summed E-state index contributed by atoms with van der Waals surface area (Å²) < 4.78 is 28.1. The Kier molecular flexibility index (Phi) is 4.79. The van der Waals surface area contributed by atoms with Crippen LogP contribution in [0.1, 0.15) is 31.0 Å². The molecule has 0 saturated carbocycles. The minimum absolute atomic E-state index is 0.236. The van der Waals surface area contributed by atoms with Crippen LogP contribution in [-0.4, -0.2) is 7.05 Å². The topological polar surface area (TPSA) is 12.0 Å². The second kappa shape index (κ2) is 6.24. The minimum Gasteiger partial charge on any atom is -0.312 e. The van der Waals surface area contributed by atoms with Gasteiger partial charge >= 0.3 is 0 Å². The smallest absolute Gasteiger partial charge is 0.128 e. The molecular formula is C17H18BrF2N. The standard InChI is InChI=1S/C17H18BrF2N/c1-17(2,11-4-7-13(19)8-5-11)16(21-3)14-10-12(18)6-9-15(14)20/h4-10,16,21H,1-3H3. The van der Waals surface area contributed by atoms with Crippen molar-refractivity contribution in [2.24, 2.45) is 0 Å². The Morgan fingerprint density at radius 2 is 1.67 bits per heavy atom. The maximum absolute atomic E-state index is 14.2. The Labute approximate surface area is 132 Å². The van der Waals surface area contributed by atoms with Gasteiger partial charge in [-0.1, -0.05) is 41.9 Å². The lowest BCUT2D eigenvalue weighted by molar-refractivity contribution is 0.357. The maximum atomic E-state index is 14.2. The summed E-state index contributed by atoms with van der Waals surface area (Å²) in [4.78, 5) is 0. The summed E-state index contributed by atoms with van der Waals surface area (Å²) in [6, 6.07) is 11.0. The van der Waals surface area contributed by atoms with Crippen LogP contribution in [-0.2, 0) is 5.41 Å². The van der Waals surface area contributed by atoms with E-state index in [1.165, 1.54) is 18.2 Å². The van der Waals surface area contributed by atoms with Crippen LogP contribution in [0, 0.1) is 11.6 Å². The van der Waals surface area contributed by atoms with Crippen molar-refractivity contribution in [2.75, 3.05) is 7.05 Å². The molecule has 0 aliphatic rings. The molecule has 4 heteroatoms. The molecule has 1 unspecified atom stereocenters. The molecule has 2 rings (SSSR count). The van der Waals surface area contributed by atoms with Crippen molar-refractivity contribution in [3.63, 3.8) is 0 Å². The molecule has 0 aromatic heterocycles. The fourth-order valence-corrected chi connectivity index (χ4v) is 3.07. The van der Waals surface area contributed by atoms with Gasteiger partial charge in [0, 0.05) is 21.5 Å². The Hall–Kier alpha value is -1.26. The molecule has 0 fully saturated rings. The molecule has 2 aromatic rings. The summed E-state index contributed by atoms with van der Waals surface area (Å²) in [5.74, 6) is -0.531. The van der Waals surface area contributed by atoms with E-state index in [0.717, 1.165) is 10.0 Å². The van der Waals surface area contributed by atoms with E-state index in [0.29, 0.717) is 5.56 Å². The predicted molar refractivity (Wildman–Crippen MR) is 85.3 cm³/mol. The van der Waals surface area contributed by atoms with E-state index in [9.17, 15) is 8.78 Å². The van der Waals surface area contributed by atoms with Crippen LogP contribution in [0.25, 0.3) is 0 Å². The first-order valence-corrected chi connectivity index (χ1v) is 7.54. The van der Waals surface area contributed by atoms with Crippen LogP contribution in [0.5, 0.6) is 0 Å². The lowest BCUT2D eigenvalue weighted by Crippen LogP contribution is -2.36. The van der Waals surface area contributed by atoms with Gasteiger partial charge in [-0.3, -0.25) is 0 Å². The molecule has 0 bridgehead atoms. The molecule has 0 saturated heterocycles. The van der Waals surface area contributed by atoms with Crippen LogP contribution in [0.15, 0.2) is 46.9 Å². The van der Waals surface area contributed by atoms with Crippen LogP contribution < -0.4 is 5.32 Å². The Morgan fingerprint density at radius 3 is 2.24 bits per heavy atom. The van der Waals surface area contributed by atoms with E-state index >= 15 is 0 Å². The molecule has 0 amide bonds. The van der Waals surface area contributed by atoms with E-state index in [-0.39, 0.29) is 17.7 Å². The van der Waals surface area contributed by atoms with E-state index in [1.807, 2.05) is 13.8 Å².